The van der Waals surface area contributed by atoms with Crippen molar-refractivity contribution in [1.82, 2.24) is 15.0 Å². The van der Waals surface area contributed by atoms with E-state index in [1.807, 2.05) is 115 Å². The first-order chi connectivity index (χ1) is 23.2. The molecule has 0 aliphatic carbocycles. The zero-order valence-corrected chi connectivity index (χ0v) is 24.9. The van der Waals surface area contributed by atoms with Crippen LogP contribution in [0.5, 0.6) is 0 Å². The van der Waals surface area contributed by atoms with E-state index < -0.39 is 0 Å². The fraction of sp³-hybridized carbons (Fsp3) is 0. The molecule has 47 heavy (non-hydrogen) atoms. The predicted molar refractivity (Wildman–Crippen MR) is 185 cm³/mol. The number of hydrogen-bond acceptors (Lipinski definition) is 5. The van der Waals surface area contributed by atoms with Gasteiger partial charge in [-0.15, -0.1) is 0 Å². The molecule has 0 fully saturated rings. The number of para-hydroxylation sites is 1. The molecule has 6 nitrogen and oxygen atoms in total. The lowest BCUT2D eigenvalue weighted by Gasteiger charge is -2.09. The molecule has 6 aromatic carbocycles. The summed E-state index contributed by atoms with van der Waals surface area (Å²) in [6, 6.07) is 47.3. The van der Waals surface area contributed by atoms with Gasteiger partial charge in [0.05, 0.1) is 23.8 Å². The molecular formula is C41H23N5O. The SMILES string of the molecule is [C-]#[N+]c1cccc(-c2cc(-c3cccc(C#N)c3)cc3c2oc2c(-c4nc(-c5ccccc5)nc(-c5ccccc5)n4)cccc23)c1. The number of fused-ring (bicyclic) bond motifs is 3. The molecule has 0 amide bonds. The molecule has 2 heterocycles. The van der Waals surface area contributed by atoms with Crippen LogP contribution in [0.1, 0.15) is 5.56 Å². The summed E-state index contributed by atoms with van der Waals surface area (Å²) in [5, 5.41) is 11.4. The topological polar surface area (TPSA) is 80.0 Å². The van der Waals surface area contributed by atoms with Crippen molar-refractivity contribution in [3.8, 4) is 62.5 Å². The molecule has 0 aliphatic heterocycles. The summed E-state index contributed by atoms with van der Waals surface area (Å²) in [7, 11) is 0. The largest absolute Gasteiger partial charge is 0.455 e. The molecule has 0 unspecified atom stereocenters. The van der Waals surface area contributed by atoms with Gasteiger partial charge in [0.15, 0.2) is 23.2 Å². The highest BCUT2D eigenvalue weighted by Gasteiger charge is 2.20. The highest BCUT2D eigenvalue weighted by atomic mass is 16.3. The van der Waals surface area contributed by atoms with Crippen LogP contribution in [0.2, 0.25) is 0 Å². The molecule has 0 bridgehead atoms. The first kappa shape index (κ1) is 27.6. The molecule has 218 valence electrons. The van der Waals surface area contributed by atoms with Gasteiger partial charge in [-0.3, -0.25) is 0 Å². The van der Waals surface area contributed by atoms with E-state index >= 15 is 0 Å². The second kappa shape index (κ2) is 11.6. The van der Waals surface area contributed by atoms with Crippen LogP contribution in [-0.4, -0.2) is 15.0 Å². The lowest BCUT2D eigenvalue weighted by atomic mass is 9.94. The fourth-order valence-electron chi connectivity index (χ4n) is 5.90. The molecule has 0 atom stereocenters. The van der Waals surface area contributed by atoms with Gasteiger partial charge in [-0.2, -0.15) is 5.26 Å². The Morgan fingerprint density at radius 1 is 0.511 bits per heavy atom. The van der Waals surface area contributed by atoms with Gasteiger partial charge in [-0.25, -0.2) is 19.8 Å². The van der Waals surface area contributed by atoms with Crippen LogP contribution in [0.4, 0.5) is 5.69 Å². The molecule has 8 aromatic rings. The number of nitriles is 1. The average Bonchev–Trinajstić information content (AvgIpc) is 3.54. The monoisotopic (exact) mass is 601 g/mol. The van der Waals surface area contributed by atoms with Gasteiger partial charge in [0.25, 0.3) is 0 Å². The number of aromatic nitrogens is 3. The molecule has 0 radical (unpaired) electrons. The van der Waals surface area contributed by atoms with Crippen molar-refractivity contribution in [2.45, 2.75) is 0 Å². The number of nitrogens with zero attached hydrogens (tertiary/aromatic N) is 5. The molecule has 0 saturated carbocycles. The molecule has 2 aromatic heterocycles. The maximum absolute atomic E-state index is 9.59. The van der Waals surface area contributed by atoms with Gasteiger partial charge in [-0.1, -0.05) is 103 Å². The highest BCUT2D eigenvalue weighted by molar-refractivity contribution is 6.14. The lowest BCUT2D eigenvalue weighted by molar-refractivity contribution is 0.670. The third-order valence-corrected chi connectivity index (χ3v) is 8.15. The summed E-state index contributed by atoms with van der Waals surface area (Å²) in [6.45, 7) is 7.61. The zero-order chi connectivity index (χ0) is 31.7. The first-order valence-electron chi connectivity index (χ1n) is 15.0. The van der Waals surface area contributed by atoms with Gasteiger partial charge < -0.3 is 4.42 Å². The van der Waals surface area contributed by atoms with E-state index in [0.717, 1.165) is 49.7 Å². The number of rotatable bonds is 5. The Bertz CT molecular complexity index is 2480. The van der Waals surface area contributed by atoms with E-state index in [4.69, 9.17) is 25.9 Å². The molecule has 0 aliphatic rings. The van der Waals surface area contributed by atoms with Gasteiger partial charge in [0.2, 0.25) is 0 Å². The smallest absolute Gasteiger partial charge is 0.187 e. The van der Waals surface area contributed by atoms with Crippen molar-refractivity contribution in [3.63, 3.8) is 0 Å². The summed E-state index contributed by atoms with van der Waals surface area (Å²) in [5.74, 6) is 1.64. The number of benzene rings is 6. The predicted octanol–water partition coefficient (Wildman–Crippen LogP) is 10.5. The van der Waals surface area contributed by atoms with Gasteiger partial charge >= 0.3 is 0 Å². The van der Waals surface area contributed by atoms with Gasteiger partial charge in [0.1, 0.15) is 11.2 Å². The third kappa shape index (κ3) is 5.07. The maximum Gasteiger partial charge on any atom is 0.187 e. The van der Waals surface area contributed by atoms with E-state index in [-0.39, 0.29) is 0 Å². The van der Waals surface area contributed by atoms with Crippen LogP contribution >= 0.6 is 0 Å². The normalized spacial score (nSPS) is 10.9. The summed E-state index contributed by atoms with van der Waals surface area (Å²) in [5.41, 5.74) is 8.52. The average molecular weight is 602 g/mol. The van der Waals surface area contributed by atoms with Crippen LogP contribution in [0, 0.1) is 17.9 Å². The van der Waals surface area contributed by atoms with Crippen LogP contribution in [-0.2, 0) is 0 Å². The highest BCUT2D eigenvalue weighted by Crippen LogP contribution is 2.42. The molecule has 0 N–H and O–H groups in total. The van der Waals surface area contributed by atoms with Crippen molar-refractivity contribution in [3.05, 3.63) is 157 Å². The van der Waals surface area contributed by atoms with Crippen LogP contribution in [0.3, 0.4) is 0 Å². The Hall–Kier alpha value is -6.89. The minimum atomic E-state index is 0.501. The fourth-order valence-corrected chi connectivity index (χ4v) is 5.90. The second-order valence-electron chi connectivity index (χ2n) is 11.1. The second-order valence-corrected chi connectivity index (χ2v) is 11.1. The molecular weight excluding hydrogens is 578 g/mol. The van der Waals surface area contributed by atoms with Crippen LogP contribution in [0.25, 0.3) is 83.2 Å². The van der Waals surface area contributed by atoms with E-state index in [2.05, 4.69) is 23.0 Å². The maximum atomic E-state index is 9.59. The Labute approximate surface area is 270 Å². The van der Waals surface area contributed by atoms with Crippen LogP contribution < -0.4 is 0 Å². The summed E-state index contributed by atoms with van der Waals surface area (Å²) in [4.78, 5) is 18.4. The summed E-state index contributed by atoms with van der Waals surface area (Å²) >= 11 is 0. The van der Waals surface area contributed by atoms with Crippen molar-refractivity contribution in [2.24, 2.45) is 0 Å². The van der Waals surface area contributed by atoms with Gasteiger partial charge in [0, 0.05) is 27.5 Å². The zero-order valence-electron chi connectivity index (χ0n) is 24.9. The van der Waals surface area contributed by atoms with Crippen LogP contribution in [0.15, 0.2) is 144 Å². The number of hydrogen-bond donors (Lipinski definition) is 0. The van der Waals surface area contributed by atoms with Crippen molar-refractivity contribution in [2.75, 3.05) is 0 Å². The Kier molecular flexibility index (Phi) is 6.80. The molecule has 0 spiro atoms. The van der Waals surface area contributed by atoms with Gasteiger partial charge in [-0.05, 0) is 53.1 Å². The Morgan fingerprint density at radius 2 is 1.13 bits per heavy atom. The molecule has 0 saturated heterocycles. The Morgan fingerprint density at radius 3 is 1.83 bits per heavy atom. The number of furan rings is 1. The minimum Gasteiger partial charge on any atom is -0.455 e. The lowest BCUT2D eigenvalue weighted by Crippen LogP contribution is -2.00. The van der Waals surface area contributed by atoms with E-state index in [0.29, 0.717) is 39.9 Å². The summed E-state index contributed by atoms with van der Waals surface area (Å²) < 4.78 is 6.79. The third-order valence-electron chi connectivity index (χ3n) is 8.15. The molecule has 6 heteroatoms. The summed E-state index contributed by atoms with van der Waals surface area (Å²) in [6.07, 6.45) is 0. The Balaban J connectivity index is 1.41. The van der Waals surface area contributed by atoms with E-state index in [1.165, 1.54) is 0 Å². The van der Waals surface area contributed by atoms with Crippen molar-refractivity contribution in [1.29, 1.82) is 5.26 Å². The van der Waals surface area contributed by atoms with Crippen molar-refractivity contribution < 1.29 is 4.42 Å². The van der Waals surface area contributed by atoms with Crippen molar-refractivity contribution >= 4 is 27.6 Å². The minimum absolute atomic E-state index is 0.501. The van der Waals surface area contributed by atoms with E-state index in [1.54, 1.807) is 12.1 Å². The molecule has 8 rings (SSSR count). The van der Waals surface area contributed by atoms with E-state index in [9.17, 15) is 5.26 Å². The quantitative estimate of drug-likeness (QED) is 0.183. The first-order valence-corrected chi connectivity index (χ1v) is 15.0. The standard InChI is InChI=1S/C41H23N5O/c1-43-32-18-9-17-30(22-32)35-23-31(29-16-8-11-26(21-29)25-42)24-36-33-19-10-20-34(37(33)47-38(35)36)41-45-39(27-12-4-2-5-13-27)44-40(46-41)28-14-6-3-7-15-28/h2-24H.